The maximum atomic E-state index is 9.25. The zero-order valence-electron chi connectivity index (χ0n) is 11.2. The number of benzene rings is 1. The van der Waals surface area contributed by atoms with Crippen LogP contribution in [0.2, 0.25) is 0 Å². The van der Waals surface area contributed by atoms with Gasteiger partial charge in [-0.05, 0) is 18.9 Å². The van der Waals surface area contributed by atoms with Crippen LogP contribution in [0, 0.1) is 6.92 Å². The molecule has 0 spiro atoms. The van der Waals surface area contributed by atoms with E-state index in [9.17, 15) is 5.11 Å². The second-order valence-corrected chi connectivity index (χ2v) is 4.52. The van der Waals surface area contributed by atoms with E-state index in [0.717, 1.165) is 24.4 Å². The summed E-state index contributed by atoms with van der Waals surface area (Å²) >= 11 is 0. The highest BCUT2D eigenvalue weighted by Crippen LogP contribution is 2.07. The lowest BCUT2D eigenvalue weighted by Gasteiger charge is -2.08. The molecular weight excluding hydrogens is 240 g/mol. The maximum absolute atomic E-state index is 9.25. The predicted molar refractivity (Wildman–Crippen MR) is 73.6 cm³/mol. The molecule has 0 unspecified atom stereocenters. The summed E-state index contributed by atoms with van der Waals surface area (Å²) in [6.07, 6.45) is 2.69. The number of imidazole rings is 1. The van der Waals surface area contributed by atoms with Crippen molar-refractivity contribution >= 4 is 0 Å². The van der Waals surface area contributed by atoms with E-state index in [2.05, 4.69) is 17.1 Å². The maximum Gasteiger partial charge on any atom is 0.0952 e. The Kier molecular flexibility index (Phi) is 5.12. The highest BCUT2D eigenvalue weighted by Gasteiger charge is 2.05. The van der Waals surface area contributed by atoms with E-state index < -0.39 is 0 Å². The van der Waals surface area contributed by atoms with Crippen molar-refractivity contribution in [3.05, 3.63) is 53.6 Å². The van der Waals surface area contributed by atoms with Gasteiger partial charge in [0.1, 0.15) is 0 Å². The largest absolute Gasteiger partial charge is 0.390 e. The zero-order chi connectivity index (χ0) is 13.5. The monoisotopic (exact) mass is 260 g/mol. The number of hydrogen-bond acceptors (Lipinski definition) is 3. The van der Waals surface area contributed by atoms with E-state index in [1.807, 2.05) is 29.7 Å². The van der Waals surface area contributed by atoms with Gasteiger partial charge >= 0.3 is 0 Å². The third-order valence-corrected chi connectivity index (χ3v) is 3.10. The molecule has 1 aromatic carbocycles. The molecule has 1 N–H and O–H groups in total. The van der Waals surface area contributed by atoms with E-state index in [4.69, 9.17) is 4.74 Å². The van der Waals surface area contributed by atoms with Crippen LogP contribution in [-0.2, 0) is 24.5 Å². The lowest BCUT2D eigenvalue weighted by atomic mass is 10.2. The molecule has 0 atom stereocenters. The minimum absolute atomic E-state index is 0.0384. The minimum Gasteiger partial charge on any atom is -0.390 e. The molecule has 2 aromatic rings. The van der Waals surface area contributed by atoms with Crippen molar-refractivity contribution in [2.24, 2.45) is 0 Å². The molecule has 0 saturated carbocycles. The molecule has 0 saturated heterocycles. The van der Waals surface area contributed by atoms with Crippen molar-refractivity contribution in [1.82, 2.24) is 9.55 Å². The first kappa shape index (κ1) is 13.8. The molecule has 0 fully saturated rings. The molecule has 19 heavy (non-hydrogen) atoms. The first-order valence-electron chi connectivity index (χ1n) is 6.54. The Morgan fingerprint density at radius 2 is 2.05 bits per heavy atom. The van der Waals surface area contributed by atoms with Crippen LogP contribution in [0.25, 0.3) is 0 Å². The van der Waals surface area contributed by atoms with Gasteiger partial charge in [0, 0.05) is 13.2 Å². The molecule has 0 aliphatic heterocycles. The highest BCUT2D eigenvalue weighted by atomic mass is 16.5. The average Bonchev–Trinajstić information content (AvgIpc) is 2.80. The summed E-state index contributed by atoms with van der Waals surface area (Å²) < 4.78 is 7.61. The van der Waals surface area contributed by atoms with Crippen LogP contribution in [0.5, 0.6) is 0 Å². The summed E-state index contributed by atoms with van der Waals surface area (Å²) in [6.45, 7) is 4.13. The van der Waals surface area contributed by atoms with Crippen molar-refractivity contribution < 1.29 is 9.84 Å². The molecule has 0 amide bonds. The molecule has 0 radical (unpaired) electrons. The Hall–Kier alpha value is -1.65. The second-order valence-electron chi connectivity index (χ2n) is 4.52. The zero-order valence-corrected chi connectivity index (χ0v) is 11.2. The number of hydrogen-bond donors (Lipinski definition) is 1. The summed E-state index contributed by atoms with van der Waals surface area (Å²) in [6, 6.07) is 10.1. The Bertz CT molecular complexity index is 494. The smallest absolute Gasteiger partial charge is 0.0952 e. The molecule has 4 nitrogen and oxygen atoms in total. The van der Waals surface area contributed by atoms with Crippen LogP contribution in [0.4, 0.5) is 0 Å². The third kappa shape index (κ3) is 3.91. The number of nitrogens with zero attached hydrogens (tertiary/aromatic N) is 2. The molecular formula is C15H20N2O2. The number of rotatable bonds is 7. The lowest BCUT2D eigenvalue weighted by Crippen LogP contribution is -2.06. The van der Waals surface area contributed by atoms with Crippen molar-refractivity contribution in [2.45, 2.75) is 33.1 Å². The van der Waals surface area contributed by atoms with Crippen LogP contribution in [0.3, 0.4) is 0 Å². The van der Waals surface area contributed by atoms with Crippen molar-refractivity contribution in [1.29, 1.82) is 0 Å². The summed E-state index contributed by atoms with van der Waals surface area (Å²) in [5, 5.41) is 9.25. The first-order valence-corrected chi connectivity index (χ1v) is 6.54. The van der Waals surface area contributed by atoms with E-state index in [0.29, 0.717) is 13.2 Å². The van der Waals surface area contributed by atoms with Crippen molar-refractivity contribution in [3.8, 4) is 0 Å². The fraction of sp³-hybridized carbons (Fsp3) is 0.400. The number of aromatic nitrogens is 2. The standard InChI is InChI=1S/C15H20N2O2/c1-13-15(10-18)17(12-16-13)8-5-9-19-11-14-6-3-2-4-7-14/h2-4,6-7,12,18H,5,8-11H2,1H3. The molecule has 0 aliphatic rings. The molecule has 1 aromatic heterocycles. The van der Waals surface area contributed by atoms with Gasteiger partial charge in [0.2, 0.25) is 0 Å². The van der Waals surface area contributed by atoms with Crippen LogP contribution in [0.1, 0.15) is 23.4 Å². The Morgan fingerprint density at radius 1 is 1.26 bits per heavy atom. The highest BCUT2D eigenvalue weighted by molar-refractivity contribution is 5.13. The van der Waals surface area contributed by atoms with E-state index in [-0.39, 0.29) is 6.61 Å². The summed E-state index contributed by atoms with van der Waals surface area (Å²) in [5.41, 5.74) is 2.98. The predicted octanol–water partition coefficient (Wildman–Crippen LogP) is 2.29. The van der Waals surface area contributed by atoms with Gasteiger partial charge in [-0.15, -0.1) is 0 Å². The molecule has 4 heteroatoms. The van der Waals surface area contributed by atoms with E-state index in [1.54, 1.807) is 6.33 Å². The number of aliphatic hydroxyl groups is 1. The van der Waals surface area contributed by atoms with Gasteiger partial charge in [-0.3, -0.25) is 0 Å². The number of ether oxygens (including phenoxy) is 1. The fourth-order valence-electron chi connectivity index (χ4n) is 2.01. The van der Waals surface area contributed by atoms with Crippen LogP contribution < -0.4 is 0 Å². The normalized spacial score (nSPS) is 10.8. The average molecular weight is 260 g/mol. The first-order chi connectivity index (χ1) is 9.31. The van der Waals surface area contributed by atoms with Gasteiger partial charge in [-0.1, -0.05) is 30.3 Å². The number of aryl methyl sites for hydroxylation is 2. The molecule has 1 heterocycles. The fourth-order valence-corrected chi connectivity index (χ4v) is 2.01. The topological polar surface area (TPSA) is 47.3 Å². The second kappa shape index (κ2) is 7.07. The van der Waals surface area contributed by atoms with Gasteiger partial charge in [0.25, 0.3) is 0 Å². The van der Waals surface area contributed by atoms with Crippen LogP contribution in [0.15, 0.2) is 36.7 Å². The van der Waals surface area contributed by atoms with Crippen molar-refractivity contribution in [3.63, 3.8) is 0 Å². The third-order valence-electron chi connectivity index (χ3n) is 3.10. The number of aliphatic hydroxyl groups excluding tert-OH is 1. The van der Waals surface area contributed by atoms with Gasteiger partial charge in [-0.25, -0.2) is 4.98 Å². The Balaban J connectivity index is 1.69. The summed E-state index contributed by atoms with van der Waals surface area (Å²) in [4.78, 5) is 4.20. The summed E-state index contributed by atoms with van der Waals surface area (Å²) in [7, 11) is 0. The van der Waals surface area contributed by atoms with Gasteiger partial charge < -0.3 is 14.4 Å². The Labute approximate surface area is 113 Å². The van der Waals surface area contributed by atoms with Crippen LogP contribution in [-0.4, -0.2) is 21.3 Å². The molecule has 102 valence electrons. The van der Waals surface area contributed by atoms with Crippen LogP contribution >= 0.6 is 0 Å². The quantitative estimate of drug-likeness (QED) is 0.777. The van der Waals surface area contributed by atoms with Gasteiger partial charge in [-0.2, -0.15) is 0 Å². The van der Waals surface area contributed by atoms with Gasteiger partial charge in [0.05, 0.1) is 30.9 Å². The van der Waals surface area contributed by atoms with E-state index >= 15 is 0 Å². The molecule has 0 bridgehead atoms. The lowest BCUT2D eigenvalue weighted by molar-refractivity contribution is 0.115. The summed E-state index contributed by atoms with van der Waals surface area (Å²) in [5.74, 6) is 0. The SMILES string of the molecule is Cc1ncn(CCCOCc2ccccc2)c1CO. The van der Waals surface area contributed by atoms with Crippen molar-refractivity contribution in [2.75, 3.05) is 6.61 Å². The molecule has 2 rings (SSSR count). The van der Waals surface area contributed by atoms with E-state index in [1.165, 1.54) is 5.56 Å². The van der Waals surface area contributed by atoms with Gasteiger partial charge in [0.15, 0.2) is 0 Å². The Morgan fingerprint density at radius 3 is 2.79 bits per heavy atom. The molecule has 0 aliphatic carbocycles. The minimum atomic E-state index is 0.0384.